The lowest BCUT2D eigenvalue weighted by atomic mass is 10.2. The Balaban J connectivity index is 2.38. The van der Waals surface area contributed by atoms with Gasteiger partial charge in [0.05, 0.1) is 7.11 Å². The van der Waals surface area contributed by atoms with Gasteiger partial charge in [-0.25, -0.2) is 0 Å². The van der Waals surface area contributed by atoms with Crippen molar-refractivity contribution >= 4 is 5.97 Å². The van der Waals surface area contributed by atoms with E-state index in [0.29, 0.717) is 19.6 Å². The summed E-state index contributed by atoms with van der Waals surface area (Å²) in [7, 11) is 3.40. The van der Waals surface area contributed by atoms with Gasteiger partial charge in [0.1, 0.15) is 24.1 Å². The summed E-state index contributed by atoms with van der Waals surface area (Å²) in [5.41, 5.74) is 0. The van der Waals surface area contributed by atoms with Crippen LogP contribution in [0.4, 0.5) is 0 Å². The van der Waals surface area contributed by atoms with Gasteiger partial charge in [-0.05, 0) is 37.7 Å². The number of ether oxygens (including phenoxy) is 2. The molecule has 1 aromatic rings. The predicted octanol–water partition coefficient (Wildman–Crippen LogP) is 1.87. The molecule has 0 bridgehead atoms. The van der Waals surface area contributed by atoms with Crippen molar-refractivity contribution in [1.82, 2.24) is 4.90 Å². The maximum Gasteiger partial charge on any atom is 0.320 e. The summed E-state index contributed by atoms with van der Waals surface area (Å²) in [6.45, 7) is 2.88. The number of carbonyl (C=O) groups is 1. The van der Waals surface area contributed by atoms with E-state index in [2.05, 4.69) is 0 Å². The van der Waals surface area contributed by atoms with Crippen LogP contribution in [0.15, 0.2) is 24.3 Å². The monoisotopic (exact) mass is 267 g/mol. The van der Waals surface area contributed by atoms with Crippen molar-refractivity contribution in [2.24, 2.45) is 0 Å². The van der Waals surface area contributed by atoms with Crippen LogP contribution in [0.3, 0.4) is 0 Å². The first kappa shape index (κ1) is 15.3. The van der Waals surface area contributed by atoms with Crippen molar-refractivity contribution in [2.45, 2.75) is 19.4 Å². The summed E-state index contributed by atoms with van der Waals surface area (Å²) in [6.07, 6.45) is 0.578. The molecule has 0 spiro atoms. The van der Waals surface area contributed by atoms with Gasteiger partial charge < -0.3 is 14.6 Å². The third-order valence-corrected chi connectivity index (χ3v) is 2.98. The molecular weight excluding hydrogens is 246 g/mol. The molecule has 0 fully saturated rings. The number of hydrogen-bond donors (Lipinski definition) is 1. The number of nitrogens with zero attached hydrogens (tertiary/aromatic N) is 1. The Kier molecular flexibility index (Phi) is 6.15. The normalized spacial score (nSPS) is 12.2. The second-order valence-electron chi connectivity index (χ2n) is 4.27. The zero-order valence-corrected chi connectivity index (χ0v) is 11.6. The predicted molar refractivity (Wildman–Crippen MR) is 72.8 cm³/mol. The van der Waals surface area contributed by atoms with Crippen LogP contribution in [0.2, 0.25) is 0 Å². The fraction of sp³-hybridized carbons (Fsp3) is 0.500. The number of carboxylic acid groups (broad SMARTS) is 1. The summed E-state index contributed by atoms with van der Waals surface area (Å²) in [5, 5.41) is 9.02. The molecule has 1 unspecified atom stereocenters. The van der Waals surface area contributed by atoms with Crippen molar-refractivity contribution in [2.75, 3.05) is 27.3 Å². The fourth-order valence-electron chi connectivity index (χ4n) is 1.81. The molecule has 0 amide bonds. The van der Waals surface area contributed by atoms with Crippen molar-refractivity contribution < 1.29 is 19.4 Å². The van der Waals surface area contributed by atoms with E-state index >= 15 is 0 Å². The number of rotatable bonds is 8. The van der Waals surface area contributed by atoms with Gasteiger partial charge in [0.15, 0.2) is 0 Å². The topological polar surface area (TPSA) is 59.0 Å². The molecular formula is C14H21NO4. The summed E-state index contributed by atoms with van der Waals surface area (Å²) < 4.78 is 10.6. The molecule has 0 heterocycles. The second kappa shape index (κ2) is 7.63. The van der Waals surface area contributed by atoms with Crippen LogP contribution in [-0.2, 0) is 4.79 Å². The van der Waals surface area contributed by atoms with E-state index < -0.39 is 12.0 Å². The van der Waals surface area contributed by atoms with Gasteiger partial charge in [-0.1, -0.05) is 6.92 Å². The van der Waals surface area contributed by atoms with Gasteiger partial charge in [-0.2, -0.15) is 0 Å². The number of likely N-dealkylation sites (N-methyl/N-ethyl adjacent to an activating group) is 1. The molecule has 0 saturated carbocycles. The Bertz CT molecular complexity index is 391. The summed E-state index contributed by atoms with van der Waals surface area (Å²) >= 11 is 0. The van der Waals surface area contributed by atoms with E-state index in [9.17, 15) is 4.79 Å². The molecule has 1 atom stereocenters. The van der Waals surface area contributed by atoms with Crippen LogP contribution < -0.4 is 9.47 Å². The van der Waals surface area contributed by atoms with Gasteiger partial charge in [0, 0.05) is 6.54 Å². The molecule has 5 heteroatoms. The molecule has 0 radical (unpaired) electrons. The van der Waals surface area contributed by atoms with Gasteiger partial charge in [0.2, 0.25) is 0 Å². The van der Waals surface area contributed by atoms with Crippen LogP contribution in [0, 0.1) is 0 Å². The first-order chi connectivity index (χ1) is 9.08. The third-order valence-electron chi connectivity index (χ3n) is 2.98. The Morgan fingerprint density at radius 1 is 1.32 bits per heavy atom. The highest BCUT2D eigenvalue weighted by molar-refractivity contribution is 5.73. The zero-order valence-electron chi connectivity index (χ0n) is 11.6. The van der Waals surface area contributed by atoms with Gasteiger partial charge in [0.25, 0.3) is 0 Å². The molecule has 0 aliphatic rings. The van der Waals surface area contributed by atoms with Crippen LogP contribution in [0.1, 0.15) is 13.3 Å². The van der Waals surface area contributed by atoms with E-state index in [4.69, 9.17) is 14.6 Å². The highest BCUT2D eigenvalue weighted by atomic mass is 16.5. The first-order valence-corrected chi connectivity index (χ1v) is 6.28. The lowest BCUT2D eigenvalue weighted by molar-refractivity contribution is -0.143. The van der Waals surface area contributed by atoms with Crippen LogP contribution in [0.25, 0.3) is 0 Å². The Morgan fingerprint density at radius 3 is 2.37 bits per heavy atom. The van der Waals surface area contributed by atoms with Gasteiger partial charge in [-0.15, -0.1) is 0 Å². The zero-order chi connectivity index (χ0) is 14.3. The highest BCUT2D eigenvalue weighted by Crippen LogP contribution is 2.16. The lowest BCUT2D eigenvalue weighted by Crippen LogP contribution is -2.40. The second-order valence-corrected chi connectivity index (χ2v) is 4.27. The number of methoxy groups -OCH3 is 1. The molecule has 106 valence electrons. The van der Waals surface area contributed by atoms with E-state index in [1.807, 2.05) is 31.2 Å². The minimum Gasteiger partial charge on any atom is -0.497 e. The fourth-order valence-corrected chi connectivity index (χ4v) is 1.81. The number of hydrogen-bond acceptors (Lipinski definition) is 4. The minimum absolute atomic E-state index is 0.451. The minimum atomic E-state index is -0.797. The third kappa shape index (κ3) is 4.79. The molecule has 1 rings (SSSR count). The highest BCUT2D eigenvalue weighted by Gasteiger charge is 2.19. The summed E-state index contributed by atoms with van der Waals surface area (Å²) in [6, 6.07) is 6.84. The molecule has 0 aliphatic heterocycles. The largest absolute Gasteiger partial charge is 0.497 e. The maximum atomic E-state index is 11.0. The molecule has 0 saturated heterocycles. The van der Waals surface area contributed by atoms with E-state index in [1.165, 1.54) is 0 Å². The first-order valence-electron chi connectivity index (χ1n) is 6.28. The van der Waals surface area contributed by atoms with Crippen LogP contribution in [0.5, 0.6) is 11.5 Å². The quantitative estimate of drug-likeness (QED) is 0.779. The number of benzene rings is 1. The molecule has 0 aliphatic carbocycles. The molecule has 1 N–H and O–H groups in total. The Labute approximate surface area is 113 Å². The van der Waals surface area contributed by atoms with Gasteiger partial charge in [-0.3, -0.25) is 9.69 Å². The maximum absolute atomic E-state index is 11.0. The smallest absolute Gasteiger partial charge is 0.320 e. The van der Waals surface area contributed by atoms with E-state index in [0.717, 1.165) is 11.5 Å². The molecule has 19 heavy (non-hydrogen) atoms. The van der Waals surface area contributed by atoms with Crippen molar-refractivity contribution in [3.05, 3.63) is 24.3 Å². The number of aliphatic carboxylic acids is 1. The van der Waals surface area contributed by atoms with E-state index in [-0.39, 0.29) is 0 Å². The Morgan fingerprint density at radius 2 is 1.89 bits per heavy atom. The standard InChI is InChI=1S/C14H21NO4/c1-4-13(14(16)17)15(2)9-10-19-12-7-5-11(18-3)6-8-12/h5-8,13H,4,9-10H2,1-3H3,(H,16,17). The van der Waals surface area contributed by atoms with Crippen molar-refractivity contribution in [1.29, 1.82) is 0 Å². The molecule has 1 aromatic carbocycles. The summed E-state index contributed by atoms with van der Waals surface area (Å²) in [5.74, 6) is 0.730. The lowest BCUT2D eigenvalue weighted by Gasteiger charge is -2.23. The van der Waals surface area contributed by atoms with Crippen molar-refractivity contribution in [3.63, 3.8) is 0 Å². The molecule has 5 nitrogen and oxygen atoms in total. The average molecular weight is 267 g/mol. The van der Waals surface area contributed by atoms with Crippen molar-refractivity contribution in [3.8, 4) is 11.5 Å². The van der Waals surface area contributed by atoms with E-state index in [1.54, 1.807) is 19.1 Å². The number of carboxylic acids is 1. The average Bonchev–Trinajstić information content (AvgIpc) is 2.40. The summed E-state index contributed by atoms with van der Waals surface area (Å²) in [4.78, 5) is 12.8. The van der Waals surface area contributed by atoms with Crippen LogP contribution in [-0.4, -0.2) is 49.3 Å². The molecule has 0 aromatic heterocycles. The van der Waals surface area contributed by atoms with Crippen LogP contribution >= 0.6 is 0 Å². The SMILES string of the molecule is CCC(C(=O)O)N(C)CCOc1ccc(OC)cc1. The Hall–Kier alpha value is -1.75. The van der Waals surface area contributed by atoms with Gasteiger partial charge >= 0.3 is 5.97 Å².